The van der Waals surface area contributed by atoms with E-state index in [0.29, 0.717) is 27.0 Å². The Balaban J connectivity index is 1.75. The van der Waals surface area contributed by atoms with Crippen LogP contribution in [0, 0.1) is 6.92 Å². The second-order valence-electron chi connectivity index (χ2n) is 5.65. The lowest BCUT2D eigenvalue weighted by Crippen LogP contribution is -2.11. The van der Waals surface area contributed by atoms with Crippen LogP contribution in [0.2, 0.25) is 5.02 Å². The highest BCUT2D eigenvalue weighted by Gasteiger charge is 2.16. The van der Waals surface area contributed by atoms with E-state index in [4.69, 9.17) is 11.6 Å². The van der Waals surface area contributed by atoms with Crippen molar-refractivity contribution in [2.45, 2.75) is 13.8 Å². The van der Waals surface area contributed by atoms with Gasteiger partial charge in [0.05, 0.1) is 5.69 Å². The van der Waals surface area contributed by atoms with E-state index >= 15 is 0 Å². The summed E-state index contributed by atoms with van der Waals surface area (Å²) < 4.78 is 0. The van der Waals surface area contributed by atoms with E-state index in [1.165, 1.54) is 18.3 Å². The average molecular weight is 386 g/mol. The molecule has 7 heteroatoms. The van der Waals surface area contributed by atoms with Crippen molar-refractivity contribution in [1.82, 2.24) is 4.98 Å². The van der Waals surface area contributed by atoms with Crippen LogP contribution in [0.15, 0.2) is 48.5 Å². The molecule has 3 aromatic rings. The number of aryl methyl sites for hydroxylation is 1. The number of carbonyl (C=O) groups excluding carboxylic acids is 2. The molecule has 1 aromatic heterocycles. The second-order valence-corrected chi connectivity index (χ2v) is 7.09. The van der Waals surface area contributed by atoms with Crippen LogP contribution >= 0.6 is 22.9 Å². The first-order valence-corrected chi connectivity index (χ1v) is 9.04. The molecule has 0 fully saturated rings. The van der Waals surface area contributed by atoms with E-state index in [9.17, 15) is 9.59 Å². The number of hydrogen-bond acceptors (Lipinski definition) is 4. The summed E-state index contributed by atoms with van der Waals surface area (Å²) in [6.45, 7) is 3.26. The summed E-state index contributed by atoms with van der Waals surface area (Å²) in [5.41, 5.74) is 2.91. The molecule has 0 spiro atoms. The molecule has 0 bridgehead atoms. The van der Waals surface area contributed by atoms with Crippen LogP contribution in [0.25, 0.3) is 10.6 Å². The van der Waals surface area contributed by atoms with Gasteiger partial charge in [-0.25, -0.2) is 4.98 Å². The highest BCUT2D eigenvalue weighted by atomic mass is 35.5. The van der Waals surface area contributed by atoms with Crippen molar-refractivity contribution >= 4 is 46.1 Å². The van der Waals surface area contributed by atoms with Gasteiger partial charge in [0.2, 0.25) is 5.91 Å². The molecule has 0 saturated carbocycles. The Kier molecular flexibility index (Phi) is 5.35. The van der Waals surface area contributed by atoms with E-state index < -0.39 is 0 Å². The molecular formula is C19H16ClN3O2S. The largest absolute Gasteiger partial charge is 0.326 e. The average Bonchev–Trinajstić information content (AvgIpc) is 2.99. The van der Waals surface area contributed by atoms with Gasteiger partial charge in [-0.3, -0.25) is 9.59 Å². The Morgan fingerprint density at radius 3 is 2.12 bits per heavy atom. The van der Waals surface area contributed by atoms with Gasteiger partial charge in [0.15, 0.2) is 0 Å². The topological polar surface area (TPSA) is 71.1 Å². The molecule has 5 nitrogen and oxygen atoms in total. The summed E-state index contributed by atoms with van der Waals surface area (Å²) in [5, 5.41) is 6.96. The minimum atomic E-state index is -0.215. The van der Waals surface area contributed by atoms with Crippen LogP contribution in [0.4, 0.5) is 11.4 Å². The van der Waals surface area contributed by atoms with Crippen molar-refractivity contribution in [1.29, 1.82) is 0 Å². The lowest BCUT2D eigenvalue weighted by molar-refractivity contribution is -0.114. The van der Waals surface area contributed by atoms with E-state index in [-0.39, 0.29) is 11.8 Å². The zero-order valence-electron chi connectivity index (χ0n) is 14.2. The third-order valence-electron chi connectivity index (χ3n) is 3.56. The molecule has 0 saturated heterocycles. The molecule has 0 radical (unpaired) electrons. The summed E-state index contributed by atoms with van der Waals surface area (Å²) in [5.74, 6) is -0.357. The number of amides is 2. The number of hydrogen-bond donors (Lipinski definition) is 2. The van der Waals surface area contributed by atoms with Crippen LogP contribution < -0.4 is 10.6 Å². The number of rotatable bonds is 4. The summed E-state index contributed by atoms with van der Waals surface area (Å²) in [7, 11) is 0. The van der Waals surface area contributed by atoms with Crippen LogP contribution in [0.5, 0.6) is 0 Å². The Morgan fingerprint density at radius 2 is 1.54 bits per heavy atom. The fourth-order valence-corrected chi connectivity index (χ4v) is 3.44. The summed E-state index contributed by atoms with van der Waals surface area (Å²) in [6, 6.07) is 14.3. The zero-order chi connectivity index (χ0) is 18.7. The molecule has 2 aromatic carbocycles. The van der Waals surface area contributed by atoms with Crippen LogP contribution in [-0.4, -0.2) is 16.8 Å². The van der Waals surface area contributed by atoms with Crippen molar-refractivity contribution in [3.8, 4) is 10.6 Å². The summed E-state index contributed by atoms with van der Waals surface area (Å²) in [6.07, 6.45) is 0. The van der Waals surface area contributed by atoms with Crippen molar-refractivity contribution in [2.75, 3.05) is 10.6 Å². The Labute approximate surface area is 160 Å². The third-order valence-corrected chi connectivity index (χ3v) is 5.01. The van der Waals surface area contributed by atoms with Crippen LogP contribution in [-0.2, 0) is 4.79 Å². The first kappa shape index (κ1) is 18.1. The maximum Gasteiger partial charge on any atom is 0.267 e. The standard InChI is InChI=1S/C19H16ClN3O2S/c1-11-17(26-19(21-11)13-3-5-14(20)6-4-13)18(25)23-16-9-7-15(8-10-16)22-12(2)24/h3-10H,1-2H3,(H,22,24)(H,23,25). The SMILES string of the molecule is CC(=O)Nc1ccc(NC(=O)c2sc(-c3ccc(Cl)cc3)nc2C)cc1. The molecule has 0 atom stereocenters. The smallest absolute Gasteiger partial charge is 0.267 e. The third kappa shape index (κ3) is 4.28. The van der Waals surface area contributed by atoms with Gasteiger partial charge in [-0.1, -0.05) is 23.7 Å². The molecule has 0 unspecified atom stereocenters. The predicted octanol–water partition coefficient (Wildman–Crippen LogP) is 4.98. The van der Waals surface area contributed by atoms with Crippen molar-refractivity contribution in [3.05, 3.63) is 64.1 Å². The lowest BCUT2D eigenvalue weighted by Gasteiger charge is -2.06. The van der Waals surface area contributed by atoms with Gasteiger partial charge in [-0.15, -0.1) is 11.3 Å². The van der Waals surface area contributed by atoms with Crippen molar-refractivity contribution < 1.29 is 9.59 Å². The fraction of sp³-hybridized carbons (Fsp3) is 0.105. The Hall–Kier alpha value is -2.70. The first-order chi connectivity index (χ1) is 12.4. The number of halogens is 1. The van der Waals surface area contributed by atoms with Crippen molar-refractivity contribution in [3.63, 3.8) is 0 Å². The summed E-state index contributed by atoms with van der Waals surface area (Å²) in [4.78, 5) is 28.7. The molecule has 2 amide bonds. The zero-order valence-corrected chi connectivity index (χ0v) is 15.7. The molecular weight excluding hydrogens is 370 g/mol. The first-order valence-electron chi connectivity index (χ1n) is 7.85. The van der Waals surface area contributed by atoms with Crippen LogP contribution in [0.1, 0.15) is 22.3 Å². The van der Waals surface area contributed by atoms with Crippen molar-refractivity contribution in [2.24, 2.45) is 0 Å². The number of carbonyl (C=O) groups is 2. The number of nitrogens with one attached hydrogen (secondary N) is 2. The number of benzene rings is 2. The quantitative estimate of drug-likeness (QED) is 0.665. The number of aromatic nitrogens is 1. The number of nitrogens with zero attached hydrogens (tertiary/aromatic N) is 1. The maximum atomic E-state index is 12.6. The molecule has 0 aliphatic heterocycles. The van der Waals surface area contributed by atoms with E-state index in [2.05, 4.69) is 15.6 Å². The van der Waals surface area contributed by atoms with E-state index in [1.807, 2.05) is 19.1 Å². The molecule has 2 N–H and O–H groups in total. The highest BCUT2D eigenvalue weighted by molar-refractivity contribution is 7.17. The summed E-state index contributed by atoms with van der Waals surface area (Å²) >= 11 is 7.25. The number of anilines is 2. The van der Waals surface area contributed by atoms with E-state index in [1.54, 1.807) is 36.4 Å². The van der Waals surface area contributed by atoms with Gasteiger partial charge < -0.3 is 10.6 Å². The Morgan fingerprint density at radius 1 is 0.962 bits per heavy atom. The molecule has 26 heavy (non-hydrogen) atoms. The monoisotopic (exact) mass is 385 g/mol. The van der Waals surface area contributed by atoms with Crippen LogP contribution in [0.3, 0.4) is 0 Å². The van der Waals surface area contributed by atoms with Gasteiger partial charge >= 0.3 is 0 Å². The number of thiazole rings is 1. The molecule has 0 aliphatic carbocycles. The second kappa shape index (κ2) is 7.68. The molecule has 132 valence electrons. The minimum absolute atomic E-state index is 0.142. The van der Waals surface area contributed by atoms with Gasteiger partial charge in [-0.2, -0.15) is 0 Å². The van der Waals surface area contributed by atoms with Gasteiger partial charge in [0.1, 0.15) is 9.88 Å². The maximum absolute atomic E-state index is 12.6. The van der Waals surface area contributed by atoms with Gasteiger partial charge in [-0.05, 0) is 43.3 Å². The Bertz CT molecular complexity index is 950. The minimum Gasteiger partial charge on any atom is -0.326 e. The van der Waals surface area contributed by atoms with Gasteiger partial charge in [0, 0.05) is 28.9 Å². The molecule has 3 rings (SSSR count). The van der Waals surface area contributed by atoms with Gasteiger partial charge in [0.25, 0.3) is 5.91 Å². The lowest BCUT2D eigenvalue weighted by atomic mass is 10.2. The molecule has 1 heterocycles. The predicted molar refractivity (Wildman–Crippen MR) is 106 cm³/mol. The highest BCUT2D eigenvalue weighted by Crippen LogP contribution is 2.29. The molecule has 0 aliphatic rings. The normalized spacial score (nSPS) is 10.4. The fourth-order valence-electron chi connectivity index (χ4n) is 2.35. The van der Waals surface area contributed by atoms with E-state index in [0.717, 1.165) is 10.6 Å².